The van der Waals surface area contributed by atoms with E-state index in [9.17, 15) is 26.8 Å². The van der Waals surface area contributed by atoms with Gasteiger partial charge in [-0.3, -0.25) is 13.9 Å². The Morgan fingerprint density at radius 2 is 1.58 bits per heavy atom. The molecule has 0 spiro atoms. The highest BCUT2D eigenvalue weighted by Gasteiger charge is 2.33. The summed E-state index contributed by atoms with van der Waals surface area (Å²) >= 11 is 0. The normalized spacial score (nSPS) is 12.0. The van der Waals surface area contributed by atoms with E-state index in [4.69, 9.17) is 0 Å². The minimum atomic E-state index is -4.36. The molecule has 3 rings (SSSR count). The summed E-state index contributed by atoms with van der Waals surface area (Å²) in [6, 6.07) is 15.7. The summed E-state index contributed by atoms with van der Waals surface area (Å²) in [5.41, 5.74) is 1.06. The SMILES string of the molecule is CCCNC(=O)C(C)N(Cc1ccc(F)cc1)C(=O)CN(c1ccccc1F)S(=O)(=O)c1ccc(C)cc1. The van der Waals surface area contributed by atoms with Gasteiger partial charge >= 0.3 is 0 Å². The van der Waals surface area contributed by atoms with Gasteiger partial charge in [0.25, 0.3) is 10.0 Å². The van der Waals surface area contributed by atoms with Gasteiger partial charge in [-0.05, 0) is 62.2 Å². The fraction of sp³-hybridized carbons (Fsp3) is 0.286. The van der Waals surface area contributed by atoms with Crippen molar-refractivity contribution in [2.24, 2.45) is 0 Å². The van der Waals surface area contributed by atoms with Crippen molar-refractivity contribution < 1.29 is 26.8 Å². The number of sulfonamides is 1. The average molecular weight is 544 g/mol. The number of benzene rings is 3. The predicted molar refractivity (Wildman–Crippen MR) is 142 cm³/mol. The Kier molecular flexibility index (Phi) is 9.57. The van der Waals surface area contributed by atoms with Crippen molar-refractivity contribution >= 4 is 27.5 Å². The molecule has 0 bridgehead atoms. The molecule has 0 saturated heterocycles. The molecule has 0 heterocycles. The van der Waals surface area contributed by atoms with Gasteiger partial charge in [0.1, 0.15) is 24.2 Å². The Labute approximate surface area is 222 Å². The van der Waals surface area contributed by atoms with Crippen LogP contribution in [-0.4, -0.2) is 44.3 Å². The predicted octanol–water partition coefficient (Wildman–Crippen LogP) is 4.41. The Bertz CT molecular complexity index is 1360. The highest BCUT2D eigenvalue weighted by Crippen LogP contribution is 2.27. The average Bonchev–Trinajstić information content (AvgIpc) is 2.90. The lowest BCUT2D eigenvalue weighted by Gasteiger charge is -2.32. The first kappa shape index (κ1) is 28.8. The molecule has 1 unspecified atom stereocenters. The maximum atomic E-state index is 14.9. The molecule has 1 N–H and O–H groups in total. The monoisotopic (exact) mass is 543 g/mol. The minimum Gasteiger partial charge on any atom is -0.354 e. The third-order valence-electron chi connectivity index (χ3n) is 5.99. The van der Waals surface area contributed by atoms with Crippen molar-refractivity contribution in [3.63, 3.8) is 0 Å². The van der Waals surface area contributed by atoms with Crippen LogP contribution in [0.1, 0.15) is 31.4 Å². The highest BCUT2D eigenvalue weighted by atomic mass is 32.2. The summed E-state index contributed by atoms with van der Waals surface area (Å²) in [7, 11) is -4.36. The second-order valence-electron chi connectivity index (χ2n) is 8.89. The standard InChI is InChI=1S/C28H31F2N3O4S/c1-4-17-31-28(35)21(3)32(18-22-11-13-23(29)14-12-22)27(34)19-33(26-8-6-5-7-25(26)30)38(36,37)24-15-9-20(2)10-16-24/h5-16,21H,4,17-19H2,1-3H3,(H,31,35). The van der Waals surface area contributed by atoms with Crippen LogP contribution in [0.2, 0.25) is 0 Å². The molecule has 0 aromatic heterocycles. The Balaban J connectivity index is 2.02. The van der Waals surface area contributed by atoms with E-state index in [-0.39, 0.29) is 17.1 Å². The van der Waals surface area contributed by atoms with E-state index in [1.165, 1.54) is 66.4 Å². The van der Waals surface area contributed by atoms with Crippen LogP contribution in [-0.2, 0) is 26.2 Å². The van der Waals surface area contributed by atoms with Crippen molar-refractivity contribution in [3.05, 3.63) is 95.6 Å². The fourth-order valence-corrected chi connectivity index (χ4v) is 5.19. The van der Waals surface area contributed by atoms with Gasteiger partial charge in [0.15, 0.2) is 0 Å². The van der Waals surface area contributed by atoms with E-state index >= 15 is 0 Å². The molecule has 0 radical (unpaired) electrons. The van der Waals surface area contributed by atoms with Crippen LogP contribution < -0.4 is 9.62 Å². The summed E-state index contributed by atoms with van der Waals surface area (Å²) < 4.78 is 56.4. The van der Waals surface area contributed by atoms with E-state index in [0.29, 0.717) is 22.8 Å². The molecule has 0 aliphatic carbocycles. The smallest absolute Gasteiger partial charge is 0.264 e. The molecule has 0 aliphatic rings. The van der Waals surface area contributed by atoms with Crippen LogP contribution >= 0.6 is 0 Å². The third-order valence-corrected chi connectivity index (χ3v) is 7.77. The number of carbonyl (C=O) groups excluding carboxylic acids is 2. The largest absolute Gasteiger partial charge is 0.354 e. The van der Waals surface area contributed by atoms with Gasteiger partial charge in [0.2, 0.25) is 11.8 Å². The molecule has 10 heteroatoms. The number of nitrogens with zero attached hydrogens (tertiary/aromatic N) is 2. The maximum absolute atomic E-state index is 14.9. The van der Waals surface area contributed by atoms with E-state index in [2.05, 4.69) is 5.32 Å². The fourth-order valence-electron chi connectivity index (χ4n) is 3.77. The number of carbonyl (C=O) groups is 2. The number of amides is 2. The van der Waals surface area contributed by atoms with Gasteiger partial charge in [-0.2, -0.15) is 0 Å². The summed E-state index contributed by atoms with van der Waals surface area (Å²) in [4.78, 5) is 27.6. The first-order valence-electron chi connectivity index (χ1n) is 12.2. The van der Waals surface area contributed by atoms with E-state index < -0.39 is 46.1 Å². The minimum absolute atomic E-state index is 0.0878. The molecule has 3 aromatic carbocycles. The lowest BCUT2D eigenvalue weighted by molar-refractivity contribution is -0.139. The number of nitrogens with one attached hydrogen (secondary N) is 1. The second-order valence-corrected chi connectivity index (χ2v) is 10.8. The van der Waals surface area contributed by atoms with Crippen LogP contribution in [0.3, 0.4) is 0 Å². The van der Waals surface area contributed by atoms with E-state index in [0.717, 1.165) is 11.6 Å². The van der Waals surface area contributed by atoms with Crippen LogP contribution in [0.25, 0.3) is 0 Å². The number of anilines is 1. The van der Waals surface area contributed by atoms with Crippen LogP contribution in [0.4, 0.5) is 14.5 Å². The van der Waals surface area contributed by atoms with E-state index in [1.54, 1.807) is 19.1 Å². The quantitative estimate of drug-likeness (QED) is 0.388. The zero-order chi connectivity index (χ0) is 27.9. The van der Waals surface area contributed by atoms with Crippen molar-refractivity contribution in [1.82, 2.24) is 10.2 Å². The summed E-state index contributed by atoms with van der Waals surface area (Å²) in [5.74, 6) is -2.45. The van der Waals surface area contributed by atoms with Gasteiger partial charge in [-0.15, -0.1) is 0 Å². The number of rotatable bonds is 11. The molecule has 2 amide bonds. The number of para-hydroxylation sites is 1. The Morgan fingerprint density at radius 3 is 2.18 bits per heavy atom. The van der Waals surface area contributed by atoms with Gasteiger partial charge in [0.05, 0.1) is 10.6 Å². The molecule has 1 atom stereocenters. The van der Waals surface area contributed by atoms with Crippen molar-refractivity contribution in [2.75, 3.05) is 17.4 Å². The Morgan fingerprint density at radius 1 is 0.947 bits per heavy atom. The summed E-state index contributed by atoms with van der Waals surface area (Å²) in [5, 5.41) is 2.73. The molecule has 7 nitrogen and oxygen atoms in total. The Hall–Kier alpha value is -3.79. The third kappa shape index (κ3) is 6.95. The van der Waals surface area contributed by atoms with Crippen molar-refractivity contribution in [3.8, 4) is 0 Å². The zero-order valence-electron chi connectivity index (χ0n) is 21.5. The van der Waals surface area contributed by atoms with Crippen LogP contribution in [0.5, 0.6) is 0 Å². The molecular formula is C28H31F2N3O4S. The van der Waals surface area contributed by atoms with E-state index in [1.807, 2.05) is 6.92 Å². The first-order valence-corrected chi connectivity index (χ1v) is 13.6. The summed E-state index contributed by atoms with van der Waals surface area (Å²) in [6.07, 6.45) is 0.681. The van der Waals surface area contributed by atoms with Crippen LogP contribution in [0, 0.1) is 18.6 Å². The molecule has 202 valence electrons. The molecule has 0 fully saturated rings. The van der Waals surface area contributed by atoms with Crippen LogP contribution in [0.15, 0.2) is 77.7 Å². The molecule has 3 aromatic rings. The van der Waals surface area contributed by atoms with Crippen molar-refractivity contribution in [2.45, 2.75) is 44.7 Å². The van der Waals surface area contributed by atoms with Gasteiger partial charge in [0, 0.05) is 13.1 Å². The lowest BCUT2D eigenvalue weighted by Crippen LogP contribution is -2.51. The molecule has 0 aliphatic heterocycles. The topological polar surface area (TPSA) is 86.8 Å². The van der Waals surface area contributed by atoms with Gasteiger partial charge < -0.3 is 10.2 Å². The van der Waals surface area contributed by atoms with Gasteiger partial charge in [-0.1, -0.05) is 48.9 Å². The number of aryl methyl sites for hydroxylation is 1. The van der Waals surface area contributed by atoms with Gasteiger partial charge in [-0.25, -0.2) is 17.2 Å². The molecule has 38 heavy (non-hydrogen) atoms. The summed E-state index contributed by atoms with van der Waals surface area (Å²) in [6.45, 7) is 4.75. The van der Waals surface area contributed by atoms with Crippen molar-refractivity contribution in [1.29, 1.82) is 0 Å². The lowest BCUT2D eigenvalue weighted by atomic mass is 10.1. The number of hydrogen-bond acceptors (Lipinski definition) is 4. The first-order chi connectivity index (χ1) is 18.0. The molecular weight excluding hydrogens is 512 g/mol. The maximum Gasteiger partial charge on any atom is 0.264 e. The molecule has 0 saturated carbocycles. The zero-order valence-corrected chi connectivity index (χ0v) is 22.3. The number of hydrogen-bond donors (Lipinski definition) is 1. The number of halogens is 2. The second kappa shape index (κ2) is 12.6. The highest BCUT2D eigenvalue weighted by molar-refractivity contribution is 7.92.